The van der Waals surface area contributed by atoms with Gasteiger partial charge >= 0.3 is 0 Å². The van der Waals surface area contributed by atoms with E-state index in [1.807, 2.05) is 51.6 Å². The summed E-state index contributed by atoms with van der Waals surface area (Å²) in [5.74, 6) is 0.303. The SMILES string of the molecule is CN1OC2(SC13C(C)(C)C(=O)C3(C)C)C(C)(C)C(=S)C2(C)C. The summed E-state index contributed by atoms with van der Waals surface area (Å²) in [7, 11) is 1.98. The zero-order valence-electron chi connectivity index (χ0n) is 15.1. The van der Waals surface area contributed by atoms with E-state index in [1.54, 1.807) is 0 Å². The Labute approximate surface area is 143 Å². The molecule has 3 rings (SSSR count). The van der Waals surface area contributed by atoms with E-state index in [9.17, 15) is 4.79 Å². The zero-order valence-corrected chi connectivity index (χ0v) is 16.7. The topological polar surface area (TPSA) is 29.5 Å². The van der Waals surface area contributed by atoms with Crippen LogP contribution in [0.2, 0.25) is 0 Å². The molecule has 0 amide bonds. The normalized spacial score (nSPS) is 35.5. The quantitative estimate of drug-likeness (QED) is 0.620. The fourth-order valence-corrected chi connectivity index (χ4v) is 8.24. The Kier molecular flexibility index (Phi) is 2.93. The van der Waals surface area contributed by atoms with Gasteiger partial charge in [0.15, 0.2) is 4.93 Å². The second kappa shape index (κ2) is 3.81. The predicted molar refractivity (Wildman–Crippen MR) is 94.6 cm³/mol. The summed E-state index contributed by atoms with van der Waals surface area (Å²) in [5, 5.41) is 1.96. The van der Waals surface area contributed by atoms with Gasteiger partial charge in [0, 0.05) is 22.7 Å². The number of thiocarbonyl (C=S) groups is 1. The molecular formula is C17H27NO2S2. The molecule has 0 aromatic heterocycles. The van der Waals surface area contributed by atoms with Crippen LogP contribution in [-0.2, 0) is 9.63 Å². The third-order valence-electron chi connectivity index (χ3n) is 6.61. The second-order valence-corrected chi connectivity index (χ2v) is 10.9. The van der Waals surface area contributed by atoms with Crippen LogP contribution >= 0.6 is 24.0 Å². The molecule has 2 saturated carbocycles. The van der Waals surface area contributed by atoms with Crippen LogP contribution in [0, 0.1) is 21.7 Å². The molecule has 124 valence electrons. The van der Waals surface area contributed by atoms with Gasteiger partial charge in [0.1, 0.15) is 10.7 Å². The Morgan fingerprint density at radius 2 is 1.32 bits per heavy atom. The number of nitrogens with zero attached hydrogens (tertiary/aromatic N) is 1. The Morgan fingerprint density at radius 1 is 0.909 bits per heavy atom. The molecule has 3 fully saturated rings. The third kappa shape index (κ3) is 1.22. The Bertz CT molecular complexity index is 568. The number of hydrogen-bond donors (Lipinski definition) is 0. The lowest BCUT2D eigenvalue weighted by Gasteiger charge is -2.67. The van der Waals surface area contributed by atoms with E-state index in [4.69, 9.17) is 17.1 Å². The minimum atomic E-state index is -0.442. The van der Waals surface area contributed by atoms with Crippen LogP contribution in [0.25, 0.3) is 0 Å². The smallest absolute Gasteiger partial charge is 0.156 e. The molecule has 0 radical (unpaired) electrons. The van der Waals surface area contributed by atoms with Crippen molar-refractivity contribution < 1.29 is 9.63 Å². The van der Waals surface area contributed by atoms with Gasteiger partial charge in [-0.2, -0.15) is 5.06 Å². The summed E-state index contributed by atoms with van der Waals surface area (Å²) in [5.41, 5.74) is -1.27. The number of ketones is 1. The first-order valence-electron chi connectivity index (χ1n) is 7.87. The van der Waals surface area contributed by atoms with Crippen LogP contribution in [-0.4, -0.2) is 32.6 Å². The molecule has 0 aromatic rings. The van der Waals surface area contributed by atoms with Crippen LogP contribution in [0.3, 0.4) is 0 Å². The first-order chi connectivity index (χ1) is 9.64. The first-order valence-corrected chi connectivity index (χ1v) is 9.10. The van der Waals surface area contributed by atoms with Crippen molar-refractivity contribution in [3.05, 3.63) is 0 Å². The molecule has 1 heterocycles. The standard InChI is InChI=1S/C17H27NO2S2/c1-12(2)10(19)13(3,4)16(12)18(9)20-17(22-16)14(5,6)11(21)15(17,7)8/h1-9H3. The van der Waals surface area contributed by atoms with E-state index >= 15 is 0 Å². The number of hydrogen-bond acceptors (Lipinski definition) is 5. The number of hydroxylamine groups is 2. The van der Waals surface area contributed by atoms with E-state index in [0.29, 0.717) is 5.78 Å². The van der Waals surface area contributed by atoms with Crippen LogP contribution < -0.4 is 0 Å². The van der Waals surface area contributed by atoms with Crippen molar-refractivity contribution in [3.63, 3.8) is 0 Å². The van der Waals surface area contributed by atoms with Crippen LogP contribution in [0.4, 0.5) is 0 Å². The van der Waals surface area contributed by atoms with E-state index < -0.39 is 15.8 Å². The van der Waals surface area contributed by atoms with Crippen molar-refractivity contribution in [1.29, 1.82) is 0 Å². The average Bonchev–Trinajstić information content (AvgIpc) is 2.75. The van der Waals surface area contributed by atoms with Crippen LogP contribution in [0.1, 0.15) is 55.4 Å². The molecule has 0 aromatic carbocycles. The molecule has 0 bridgehead atoms. The zero-order chi connectivity index (χ0) is 17.1. The van der Waals surface area contributed by atoms with Gasteiger partial charge in [-0.1, -0.05) is 79.4 Å². The molecule has 0 N–H and O–H groups in total. The van der Waals surface area contributed by atoms with Crippen molar-refractivity contribution >= 4 is 34.6 Å². The molecule has 2 spiro atoms. The van der Waals surface area contributed by atoms with Crippen LogP contribution in [0.15, 0.2) is 0 Å². The highest BCUT2D eigenvalue weighted by Gasteiger charge is 2.86. The Morgan fingerprint density at radius 3 is 1.73 bits per heavy atom. The molecule has 5 heteroatoms. The summed E-state index contributed by atoms with van der Waals surface area (Å²) in [6, 6.07) is 0. The molecule has 2 aliphatic carbocycles. The highest BCUT2D eigenvalue weighted by Crippen LogP contribution is 2.80. The van der Waals surface area contributed by atoms with Crippen LogP contribution in [0.5, 0.6) is 0 Å². The van der Waals surface area contributed by atoms with E-state index in [0.717, 1.165) is 4.86 Å². The van der Waals surface area contributed by atoms with Gasteiger partial charge < -0.3 is 0 Å². The predicted octanol–water partition coefficient (Wildman–Crippen LogP) is 4.06. The van der Waals surface area contributed by atoms with Crippen molar-refractivity contribution in [1.82, 2.24) is 5.06 Å². The average molecular weight is 342 g/mol. The lowest BCUT2D eigenvalue weighted by molar-refractivity contribution is -0.296. The van der Waals surface area contributed by atoms with Crippen molar-refractivity contribution in [3.8, 4) is 0 Å². The summed E-state index contributed by atoms with van der Waals surface area (Å²) in [6.07, 6.45) is 0. The van der Waals surface area contributed by atoms with E-state index in [1.165, 1.54) is 0 Å². The summed E-state index contributed by atoms with van der Waals surface area (Å²) in [4.78, 5) is 19.5. The lowest BCUT2D eigenvalue weighted by atomic mass is 9.50. The highest BCUT2D eigenvalue weighted by atomic mass is 32.2. The number of thioether (sulfide) groups is 1. The summed E-state index contributed by atoms with van der Waals surface area (Å²) >= 11 is 7.52. The van der Waals surface area contributed by atoms with Gasteiger partial charge in [0.05, 0.1) is 10.8 Å². The molecule has 1 aliphatic heterocycles. The monoisotopic (exact) mass is 341 g/mol. The first kappa shape index (κ1) is 16.9. The minimum Gasteiger partial charge on any atom is -0.298 e. The summed E-state index contributed by atoms with van der Waals surface area (Å²) < 4.78 is 0. The van der Waals surface area contributed by atoms with Crippen molar-refractivity contribution in [2.45, 2.75) is 65.2 Å². The molecule has 3 nitrogen and oxygen atoms in total. The van der Waals surface area contributed by atoms with Gasteiger partial charge in [-0.05, 0) is 0 Å². The number of carbonyl (C=O) groups excluding carboxylic acids is 1. The molecule has 3 aliphatic rings. The molecule has 0 atom stereocenters. The molecule has 1 saturated heterocycles. The number of Topliss-reactive ketones (excluding diaryl/α,β-unsaturated/α-hetero) is 1. The van der Waals surface area contributed by atoms with Gasteiger partial charge in [-0.3, -0.25) is 9.63 Å². The van der Waals surface area contributed by atoms with Gasteiger partial charge in [0.25, 0.3) is 0 Å². The second-order valence-electron chi connectivity index (χ2n) is 9.11. The maximum atomic E-state index is 12.7. The maximum absolute atomic E-state index is 12.7. The van der Waals surface area contributed by atoms with Gasteiger partial charge in [-0.15, -0.1) is 0 Å². The molecule has 22 heavy (non-hydrogen) atoms. The van der Waals surface area contributed by atoms with Crippen molar-refractivity contribution in [2.24, 2.45) is 21.7 Å². The number of carbonyl (C=O) groups is 1. The molecular weight excluding hydrogens is 314 g/mol. The minimum absolute atomic E-state index is 0.195. The highest BCUT2D eigenvalue weighted by molar-refractivity contribution is 8.02. The fourth-order valence-electron chi connectivity index (χ4n) is 5.68. The van der Waals surface area contributed by atoms with E-state index in [-0.39, 0.29) is 15.7 Å². The van der Waals surface area contributed by atoms with Gasteiger partial charge in [-0.25, -0.2) is 0 Å². The molecule has 0 unspecified atom stereocenters. The lowest BCUT2D eigenvalue weighted by Crippen LogP contribution is -2.77. The largest absolute Gasteiger partial charge is 0.298 e. The summed E-state index contributed by atoms with van der Waals surface area (Å²) in [6.45, 7) is 16.9. The Hall–Kier alpha value is 0.0300. The fraction of sp³-hybridized carbons (Fsp3) is 0.882. The van der Waals surface area contributed by atoms with E-state index in [2.05, 4.69) is 27.7 Å². The van der Waals surface area contributed by atoms with Gasteiger partial charge in [0.2, 0.25) is 0 Å². The van der Waals surface area contributed by atoms with Crippen molar-refractivity contribution in [2.75, 3.05) is 7.05 Å². The number of rotatable bonds is 0. The third-order valence-corrected chi connectivity index (χ3v) is 10.6. The Balaban J connectivity index is 2.15. The maximum Gasteiger partial charge on any atom is 0.156 e.